The summed E-state index contributed by atoms with van der Waals surface area (Å²) in [5.74, 6) is -0.275. The van der Waals surface area contributed by atoms with Gasteiger partial charge < -0.3 is 18.9 Å². The summed E-state index contributed by atoms with van der Waals surface area (Å²) < 4.78 is 19.9. The zero-order chi connectivity index (χ0) is 15.6. The lowest BCUT2D eigenvalue weighted by atomic mass is 9.98. The number of rotatable bonds is 5. The molecule has 6 heteroatoms. The molecule has 1 aromatic rings. The minimum Gasteiger partial charge on any atom is -0.497 e. The predicted octanol–water partition coefficient (Wildman–Crippen LogP) is 1.52. The molecule has 0 N–H and O–H groups in total. The number of carbonyl (C=O) groups excluding carboxylic acids is 2. The minimum atomic E-state index is -1.26. The topological polar surface area (TPSA) is 71.1 Å². The molecule has 0 aliphatic heterocycles. The van der Waals surface area contributed by atoms with Gasteiger partial charge in [0, 0.05) is 12.0 Å². The van der Waals surface area contributed by atoms with Crippen LogP contribution in [0, 0.1) is 5.41 Å². The molecule has 1 aliphatic carbocycles. The highest BCUT2D eigenvalue weighted by Gasteiger charge is 2.68. The van der Waals surface area contributed by atoms with Crippen molar-refractivity contribution in [3.8, 4) is 11.5 Å². The van der Waals surface area contributed by atoms with Crippen molar-refractivity contribution < 1.29 is 28.5 Å². The summed E-state index contributed by atoms with van der Waals surface area (Å²) in [6, 6.07) is 5.28. The summed E-state index contributed by atoms with van der Waals surface area (Å²) in [5.41, 5.74) is -0.483. The Kier molecular flexibility index (Phi) is 4.06. The van der Waals surface area contributed by atoms with E-state index in [1.807, 2.05) is 0 Å². The monoisotopic (exact) mass is 294 g/mol. The third-order valence-electron chi connectivity index (χ3n) is 3.84. The standard InChI is InChI=1S/C15H18O6/c1-18-10-5-9(6-11(7-10)19-2)12-8-15(12,13(16)20-3)14(17)21-4/h5-7,12H,8H2,1-4H3. The Morgan fingerprint density at radius 1 is 0.952 bits per heavy atom. The van der Waals surface area contributed by atoms with Gasteiger partial charge in [-0.1, -0.05) is 0 Å². The first kappa shape index (κ1) is 15.2. The Morgan fingerprint density at radius 3 is 1.81 bits per heavy atom. The van der Waals surface area contributed by atoms with E-state index in [1.165, 1.54) is 14.2 Å². The van der Waals surface area contributed by atoms with Crippen LogP contribution in [0.15, 0.2) is 18.2 Å². The van der Waals surface area contributed by atoms with Gasteiger partial charge in [0.25, 0.3) is 0 Å². The van der Waals surface area contributed by atoms with Crippen molar-refractivity contribution in [3.05, 3.63) is 23.8 Å². The zero-order valence-electron chi connectivity index (χ0n) is 12.5. The van der Waals surface area contributed by atoms with Crippen LogP contribution in [0.5, 0.6) is 11.5 Å². The maximum absolute atomic E-state index is 12.0. The van der Waals surface area contributed by atoms with Crippen molar-refractivity contribution in [3.63, 3.8) is 0 Å². The molecule has 0 amide bonds. The van der Waals surface area contributed by atoms with E-state index in [0.717, 1.165) is 5.56 Å². The first-order valence-electron chi connectivity index (χ1n) is 6.43. The lowest BCUT2D eigenvalue weighted by Crippen LogP contribution is -2.30. The average molecular weight is 294 g/mol. The SMILES string of the molecule is COC(=O)C1(C(=O)OC)CC1c1cc(OC)cc(OC)c1. The summed E-state index contributed by atoms with van der Waals surface area (Å²) in [6.07, 6.45) is 0.350. The molecule has 1 unspecified atom stereocenters. The van der Waals surface area contributed by atoms with Crippen molar-refractivity contribution in [2.45, 2.75) is 12.3 Å². The van der Waals surface area contributed by atoms with Crippen molar-refractivity contribution in [2.24, 2.45) is 5.41 Å². The number of ether oxygens (including phenoxy) is 4. The molecule has 0 spiro atoms. The van der Waals surface area contributed by atoms with Crippen LogP contribution in [0.4, 0.5) is 0 Å². The lowest BCUT2D eigenvalue weighted by Gasteiger charge is -2.13. The van der Waals surface area contributed by atoms with Crippen molar-refractivity contribution in [1.29, 1.82) is 0 Å². The van der Waals surface area contributed by atoms with E-state index < -0.39 is 17.4 Å². The van der Waals surface area contributed by atoms with Gasteiger partial charge in [-0.05, 0) is 24.1 Å². The Bertz CT molecular complexity index is 527. The molecule has 1 fully saturated rings. The van der Waals surface area contributed by atoms with E-state index in [1.54, 1.807) is 32.4 Å². The van der Waals surface area contributed by atoms with Crippen LogP contribution in [0.2, 0.25) is 0 Å². The van der Waals surface area contributed by atoms with Gasteiger partial charge >= 0.3 is 11.9 Å². The molecular formula is C15H18O6. The summed E-state index contributed by atoms with van der Waals surface area (Å²) >= 11 is 0. The molecule has 1 aromatic carbocycles. The molecule has 0 bridgehead atoms. The molecule has 6 nitrogen and oxygen atoms in total. The maximum atomic E-state index is 12.0. The summed E-state index contributed by atoms with van der Waals surface area (Å²) in [5, 5.41) is 0. The predicted molar refractivity (Wildman–Crippen MR) is 73.4 cm³/mol. The van der Waals surface area contributed by atoms with Crippen LogP contribution in [0.25, 0.3) is 0 Å². The highest BCUT2D eigenvalue weighted by atomic mass is 16.5. The molecule has 0 saturated heterocycles. The number of hydrogen-bond donors (Lipinski definition) is 0. The highest BCUT2D eigenvalue weighted by Crippen LogP contribution is 2.61. The van der Waals surface area contributed by atoms with Crippen LogP contribution < -0.4 is 9.47 Å². The fraction of sp³-hybridized carbons (Fsp3) is 0.467. The molecule has 114 valence electrons. The molecule has 1 saturated carbocycles. The van der Waals surface area contributed by atoms with E-state index in [2.05, 4.69) is 0 Å². The second-order valence-corrected chi connectivity index (χ2v) is 4.86. The smallest absolute Gasteiger partial charge is 0.323 e. The van der Waals surface area contributed by atoms with Crippen LogP contribution in [-0.2, 0) is 19.1 Å². The third kappa shape index (κ3) is 2.41. The Hall–Kier alpha value is -2.24. The van der Waals surface area contributed by atoms with Crippen LogP contribution in [0.1, 0.15) is 17.9 Å². The molecule has 1 aliphatic rings. The summed E-state index contributed by atoms with van der Waals surface area (Å²) in [4.78, 5) is 24.0. The van der Waals surface area contributed by atoms with Crippen molar-refractivity contribution >= 4 is 11.9 Å². The first-order valence-corrected chi connectivity index (χ1v) is 6.43. The minimum absolute atomic E-state index is 0.304. The fourth-order valence-electron chi connectivity index (χ4n) is 2.59. The molecule has 0 radical (unpaired) electrons. The third-order valence-corrected chi connectivity index (χ3v) is 3.84. The van der Waals surface area contributed by atoms with Crippen LogP contribution in [-0.4, -0.2) is 40.4 Å². The Morgan fingerprint density at radius 2 is 1.43 bits per heavy atom. The molecular weight excluding hydrogens is 276 g/mol. The van der Waals surface area contributed by atoms with E-state index in [9.17, 15) is 9.59 Å². The zero-order valence-corrected chi connectivity index (χ0v) is 12.5. The maximum Gasteiger partial charge on any atom is 0.323 e. The summed E-state index contributed by atoms with van der Waals surface area (Å²) in [6.45, 7) is 0. The number of methoxy groups -OCH3 is 4. The van der Waals surface area contributed by atoms with Gasteiger partial charge in [0.15, 0.2) is 5.41 Å². The van der Waals surface area contributed by atoms with E-state index >= 15 is 0 Å². The van der Waals surface area contributed by atoms with Gasteiger partial charge in [0.2, 0.25) is 0 Å². The normalized spacial score (nSPS) is 18.6. The molecule has 0 aromatic heterocycles. The number of benzene rings is 1. The number of carbonyl (C=O) groups is 2. The van der Waals surface area contributed by atoms with E-state index in [4.69, 9.17) is 18.9 Å². The second-order valence-electron chi connectivity index (χ2n) is 4.86. The van der Waals surface area contributed by atoms with Gasteiger partial charge in [-0.3, -0.25) is 9.59 Å². The van der Waals surface area contributed by atoms with E-state index in [-0.39, 0.29) is 5.92 Å². The van der Waals surface area contributed by atoms with Crippen LogP contribution >= 0.6 is 0 Å². The van der Waals surface area contributed by atoms with Gasteiger partial charge in [-0.25, -0.2) is 0 Å². The lowest BCUT2D eigenvalue weighted by molar-refractivity contribution is -0.161. The molecule has 21 heavy (non-hydrogen) atoms. The van der Waals surface area contributed by atoms with Crippen LogP contribution in [0.3, 0.4) is 0 Å². The highest BCUT2D eigenvalue weighted by molar-refractivity contribution is 6.05. The Labute approximate surface area is 122 Å². The van der Waals surface area contributed by atoms with E-state index in [0.29, 0.717) is 17.9 Å². The second kappa shape index (κ2) is 5.63. The molecule has 0 heterocycles. The number of hydrogen-bond acceptors (Lipinski definition) is 6. The fourth-order valence-corrected chi connectivity index (χ4v) is 2.59. The van der Waals surface area contributed by atoms with Gasteiger partial charge in [0.05, 0.1) is 28.4 Å². The van der Waals surface area contributed by atoms with Gasteiger partial charge in [-0.15, -0.1) is 0 Å². The van der Waals surface area contributed by atoms with Gasteiger partial charge in [0.1, 0.15) is 11.5 Å². The average Bonchev–Trinajstić information content (AvgIpc) is 3.29. The quantitative estimate of drug-likeness (QED) is 0.606. The van der Waals surface area contributed by atoms with Crippen molar-refractivity contribution in [2.75, 3.05) is 28.4 Å². The Balaban J connectivity index is 2.39. The number of esters is 2. The molecule has 2 rings (SSSR count). The van der Waals surface area contributed by atoms with Crippen molar-refractivity contribution in [1.82, 2.24) is 0 Å². The summed E-state index contributed by atoms with van der Waals surface area (Å²) in [7, 11) is 5.60. The first-order chi connectivity index (χ1) is 10.0. The van der Waals surface area contributed by atoms with Gasteiger partial charge in [-0.2, -0.15) is 0 Å². The molecule has 1 atom stereocenters. The largest absolute Gasteiger partial charge is 0.497 e.